The van der Waals surface area contributed by atoms with Gasteiger partial charge in [0.15, 0.2) is 11.5 Å². The predicted octanol–water partition coefficient (Wildman–Crippen LogP) is 6.33. The van der Waals surface area contributed by atoms with Crippen molar-refractivity contribution in [2.75, 3.05) is 6.61 Å². The molecule has 27 heavy (non-hydrogen) atoms. The highest BCUT2D eigenvalue weighted by Crippen LogP contribution is 2.30. The van der Waals surface area contributed by atoms with Crippen molar-refractivity contribution in [3.8, 4) is 11.5 Å². The Hall–Kier alpha value is -2.55. The van der Waals surface area contributed by atoms with E-state index in [1.165, 1.54) is 18.4 Å². The van der Waals surface area contributed by atoms with Gasteiger partial charge in [0.1, 0.15) is 12.4 Å². The topological polar surface area (TPSA) is 35.5 Å². The lowest BCUT2D eigenvalue weighted by Gasteiger charge is -2.20. The number of carbonyl (C=O) groups excluding carboxylic acids is 1. The van der Waals surface area contributed by atoms with Crippen molar-refractivity contribution >= 4 is 12.4 Å². The van der Waals surface area contributed by atoms with Gasteiger partial charge in [-0.3, -0.25) is 4.79 Å². The van der Waals surface area contributed by atoms with E-state index in [9.17, 15) is 4.79 Å². The Morgan fingerprint density at radius 2 is 1.78 bits per heavy atom. The summed E-state index contributed by atoms with van der Waals surface area (Å²) in [5, 5.41) is 0. The molecule has 1 atom stereocenters. The van der Waals surface area contributed by atoms with Gasteiger partial charge in [0.25, 0.3) is 0 Å². The third kappa shape index (κ3) is 7.30. The zero-order valence-corrected chi connectivity index (χ0v) is 16.4. The first-order valence-electron chi connectivity index (χ1n) is 9.87. The molecule has 3 heteroatoms. The molecule has 0 fully saturated rings. The van der Waals surface area contributed by atoms with E-state index in [0.717, 1.165) is 25.5 Å². The van der Waals surface area contributed by atoms with Crippen molar-refractivity contribution in [3.05, 3.63) is 65.7 Å². The van der Waals surface area contributed by atoms with Crippen LogP contribution in [0.25, 0.3) is 6.08 Å². The Kier molecular flexibility index (Phi) is 9.19. The molecule has 0 saturated heterocycles. The number of hydrogen-bond acceptors (Lipinski definition) is 3. The number of rotatable bonds is 12. The maximum absolute atomic E-state index is 11.0. The third-order valence-electron chi connectivity index (χ3n) is 4.34. The third-order valence-corrected chi connectivity index (χ3v) is 4.34. The van der Waals surface area contributed by atoms with Gasteiger partial charge in [-0.15, -0.1) is 0 Å². The van der Waals surface area contributed by atoms with Crippen LogP contribution in [-0.2, 0) is 0 Å². The molecule has 2 aromatic carbocycles. The van der Waals surface area contributed by atoms with Gasteiger partial charge < -0.3 is 9.47 Å². The summed E-state index contributed by atoms with van der Waals surface area (Å²) in [7, 11) is 0. The van der Waals surface area contributed by atoms with Gasteiger partial charge in [-0.05, 0) is 43.5 Å². The van der Waals surface area contributed by atoms with E-state index in [-0.39, 0.29) is 6.10 Å². The number of benzene rings is 2. The first-order chi connectivity index (χ1) is 13.3. The summed E-state index contributed by atoms with van der Waals surface area (Å²) in [5.41, 5.74) is 1.78. The fourth-order valence-corrected chi connectivity index (χ4v) is 2.91. The molecule has 0 aromatic heterocycles. The monoisotopic (exact) mass is 366 g/mol. The highest BCUT2D eigenvalue weighted by molar-refractivity contribution is 5.76. The number of ether oxygens (including phenoxy) is 2. The summed E-state index contributed by atoms with van der Waals surface area (Å²) >= 11 is 0. The molecule has 0 aliphatic carbocycles. The van der Waals surface area contributed by atoms with E-state index in [0.29, 0.717) is 23.7 Å². The Balaban J connectivity index is 2.08. The normalized spacial score (nSPS) is 12.1. The van der Waals surface area contributed by atoms with Crippen LogP contribution in [0.3, 0.4) is 0 Å². The van der Waals surface area contributed by atoms with Gasteiger partial charge >= 0.3 is 0 Å². The summed E-state index contributed by atoms with van der Waals surface area (Å²) < 4.78 is 12.0. The van der Waals surface area contributed by atoms with Gasteiger partial charge in [-0.2, -0.15) is 0 Å². The second-order valence-electron chi connectivity index (χ2n) is 6.54. The molecule has 144 valence electrons. The molecule has 0 bridgehead atoms. The second kappa shape index (κ2) is 11.9. The minimum atomic E-state index is 0.0813. The highest BCUT2D eigenvalue weighted by atomic mass is 16.5. The van der Waals surface area contributed by atoms with E-state index in [1.807, 2.05) is 31.2 Å². The molecule has 0 N–H and O–H groups in total. The predicted molar refractivity (Wildman–Crippen MR) is 112 cm³/mol. The minimum Gasteiger partial charge on any atom is -0.490 e. The molecule has 0 spiro atoms. The maximum Gasteiger partial charge on any atom is 0.161 e. The van der Waals surface area contributed by atoms with Crippen LogP contribution >= 0.6 is 0 Å². The lowest BCUT2D eigenvalue weighted by Crippen LogP contribution is -2.16. The zero-order valence-electron chi connectivity index (χ0n) is 16.4. The van der Waals surface area contributed by atoms with Crippen LogP contribution in [0.4, 0.5) is 0 Å². The van der Waals surface area contributed by atoms with Crippen LogP contribution < -0.4 is 9.47 Å². The van der Waals surface area contributed by atoms with Crippen molar-refractivity contribution in [3.63, 3.8) is 0 Å². The Morgan fingerprint density at radius 3 is 2.48 bits per heavy atom. The van der Waals surface area contributed by atoms with Gasteiger partial charge in [0.05, 0.1) is 6.61 Å². The van der Waals surface area contributed by atoms with Crippen LogP contribution in [0.1, 0.15) is 61.9 Å². The molecule has 2 rings (SSSR count). The van der Waals surface area contributed by atoms with Gasteiger partial charge in [0, 0.05) is 12.0 Å². The van der Waals surface area contributed by atoms with Crippen molar-refractivity contribution in [2.24, 2.45) is 0 Å². The van der Waals surface area contributed by atoms with Crippen molar-refractivity contribution in [1.82, 2.24) is 0 Å². The average molecular weight is 367 g/mol. The van der Waals surface area contributed by atoms with Crippen molar-refractivity contribution < 1.29 is 14.3 Å². The molecule has 0 aliphatic rings. The van der Waals surface area contributed by atoms with E-state index in [2.05, 4.69) is 31.2 Å². The quantitative estimate of drug-likeness (QED) is 0.325. The smallest absolute Gasteiger partial charge is 0.161 e. The largest absolute Gasteiger partial charge is 0.490 e. The van der Waals surface area contributed by atoms with E-state index in [4.69, 9.17) is 9.47 Å². The summed E-state index contributed by atoms with van der Waals surface area (Å²) in [5.74, 6) is 1.34. The lowest BCUT2D eigenvalue weighted by molar-refractivity contribution is 0.112. The van der Waals surface area contributed by atoms with Crippen molar-refractivity contribution in [1.29, 1.82) is 0 Å². The number of aldehydes is 1. The van der Waals surface area contributed by atoms with Crippen LogP contribution in [0, 0.1) is 0 Å². The van der Waals surface area contributed by atoms with E-state index >= 15 is 0 Å². The first kappa shape index (κ1) is 20.8. The Bertz CT molecular complexity index is 707. The van der Waals surface area contributed by atoms with Crippen LogP contribution in [0.2, 0.25) is 0 Å². The number of hydrogen-bond donors (Lipinski definition) is 0. The molecule has 0 heterocycles. The lowest BCUT2D eigenvalue weighted by atomic mass is 10.1. The molecule has 0 radical (unpaired) electrons. The fourth-order valence-electron chi connectivity index (χ4n) is 2.91. The fraction of sp³-hybridized carbons (Fsp3) is 0.375. The molecule has 3 nitrogen and oxygen atoms in total. The minimum absolute atomic E-state index is 0.0813. The van der Waals surface area contributed by atoms with Gasteiger partial charge in [-0.25, -0.2) is 0 Å². The zero-order chi connectivity index (χ0) is 19.3. The van der Waals surface area contributed by atoms with E-state index < -0.39 is 0 Å². The number of unbranched alkanes of at least 4 members (excludes halogenated alkanes) is 2. The summed E-state index contributed by atoms with van der Waals surface area (Å²) in [4.78, 5) is 11.0. The molecule has 0 saturated carbocycles. The SMILES string of the molecule is CCCCCC(CC=Cc1ccccc1)Oc1ccc(C=O)cc1OCC. The highest BCUT2D eigenvalue weighted by Gasteiger charge is 2.13. The second-order valence-corrected chi connectivity index (χ2v) is 6.54. The molecule has 0 aliphatic heterocycles. The molecule has 1 unspecified atom stereocenters. The van der Waals surface area contributed by atoms with Crippen molar-refractivity contribution in [2.45, 2.75) is 52.1 Å². The number of carbonyl (C=O) groups is 1. The summed E-state index contributed by atoms with van der Waals surface area (Å²) in [6.45, 7) is 4.67. The maximum atomic E-state index is 11.0. The molecular formula is C24H30O3. The Labute approximate surface area is 163 Å². The molecule has 0 amide bonds. The van der Waals surface area contributed by atoms with Crippen LogP contribution in [0.5, 0.6) is 11.5 Å². The Morgan fingerprint density at radius 1 is 0.963 bits per heavy atom. The van der Waals surface area contributed by atoms with Gasteiger partial charge in [-0.1, -0.05) is 62.2 Å². The summed E-state index contributed by atoms with van der Waals surface area (Å²) in [6.07, 6.45) is 10.6. The molecule has 2 aromatic rings. The van der Waals surface area contributed by atoms with Crippen LogP contribution in [0.15, 0.2) is 54.6 Å². The standard InChI is InChI=1S/C24H30O3/c1-3-5-7-14-22(15-10-13-20-11-8-6-9-12-20)27-23-17-16-21(19-25)18-24(23)26-4-2/h6,8-13,16-19,22H,3-5,7,14-15H2,1-2H3. The van der Waals surface area contributed by atoms with Crippen LogP contribution in [-0.4, -0.2) is 19.0 Å². The van der Waals surface area contributed by atoms with Gasteiger partial charge in [0.2, 0.25) is 0 Å². The summed E-state index contributed by atoms with van der Waals surface area (Å²) in [6, 6.07) is 15.6. The first-order valence-corrected chi connectivity index (χ1v) is 9.87. The average Bonchev–Trinajstić information content (AvgIpc) is 2.70. The van der Waals surface area contributed by atoms with E-state index in [1.54, 1.807) is 12.1 Å². The molecular weight excluding hydrogens is 336 g/mol.